The Bertz CT molecular complexity index is 447. The molecule has 1 N–H and O–H groups in total. The van der Waals surface area contributed by atoms with Gasteiger partial charge in [-0.3, -0.25) is 0 Å². The number of hydrogen-bond acceptors (Lipinski definition) is 2. The first-order valence-electron chi connectivity index (χ1n) is 6.88. The van der Waals surface area contributed by atoms with E-state index in [0.29, 0.717) is 0 Å². The van der Waals surface area contributed by atoms with E-state index < -0.39 is 6.61 Å². The first-order valence-corrected chi connectivity index (χ1v) is 6.88. The fourth-order valence-electron chi connectivity index (χ4n) is 2.14. The van der Waals surface area contributed by atoms with E-state index in [1.165, 1.54) is 5.57 Å². The van der Waals surface area contributed by atoms with Crippen molar-refractivity contribution in [3.05, 3.63) is 34.4 Å². The van der Waals surface area contributed by atoms with Crippen LogP contribution in [-0.4, -0.2) is 19.7 Å². The molecule has 0 aliphatic rings. The Hall–Kier alpha value is -1.42. The summed E-state index contributed by atoms with van der Waals surface area (Å²) in [5.74, 6) is 0.277. The third-order valence-corrected chi connectivity index (χ3v) is 2.93. The van der Waals surface area contributed by atoms with Crippen molar-refractivity contribution in [1.82, 2.24) is 5.32 Å². The third-order valence-electron chi connectivity index (χ3n) is 2.93. The molecule has 0 heterocycles. The van der Waals surface area contributed by atoms with Gasteiger partial charge < -0.3 is 10.1 Å². The fraction of sp³-hybridized carbons (Fsp3) is 0.500. The Labute approximate surface area is 119 Å². The quantitative estimate of drug-likeness (QED) is 0.753. The highest BCUT2D eigenvalue weighted by Gasteiger charge is 2.11. The van der Waals surface area contributed by atoms with E-state index in [4.69, 9.17) is 0 Å². The average Bonchev–Trinajstić information content (AvgIpc) is 2.34. The first kappa shape index (κ1) is 16.6. The molecule has 1 aromatic rings. The molecule has 20 heavy (non-hydrogen) atoms. The maximum Gasteiger partial charge on any atom is 0.387 e. The van der Waals surface area contributed by atoms with Crippen LogP contribution in [0.1, 0.15) is 37.0 Å². The van der Waals surface area contributed by atoms with Crippen LogP contribution < -0.4 is 10.1 Å². The van der Waals surface area contributed by atoms with E-state index >= 15 is 0 Å². The van der Waals surface area contributed by atoms with Gasteiger partial charge in [-0.05, 0) is 62.6 Å². The zero-order valence-electron chi connectivity index (χ0n) is 12.6. The topological polar surface area (TPSA) is 21.3 Å². The monoisotopic (exact) mass is 283 g/mol. The van der Waals surface area contributed by atoms with Crippen molar-refractivity contribution in [2.24, 2.45) is 0 Å². The number of alkyl halides is 2. The predicted molar refractivity (Wildman–Crippen MR) is 79.4 cm³/mol. The summed E-state index contributed by atoms with van der Waals surface area (Å²) in [6.07, 6.45) is 3.17. The molecule has 0 saturated carbocycles. The average molecular weight is 283 g/mol. The second-order valence-corrected chi connectivity index (χ2v) is 5.03. The Balaban J connectivity index is 2.85. The van der Waals surface area contributed by atoms with Crippen molar-refractivity contribution in [2.75, 3.05) is 13.1 Å². The lowest BCUT2D eigenvalue weighted by molar-refractivity contribution is -0.0507. The van der Waals surface area contributed by atoms with Crippen LogP contribution in [0.25, 0.3) is 6.08 Å². The van der Waals surface area contributed by atoms with E-state index in [9.17, 15) is 8.78 Å². The Morgan fingerprint density at radius 3 is 2.40 bits per heavy atom. The molecule has 0 aliphatic carbocycles. The van der Waals surface area contributed by atoms with Gasteiger partial charge in [0.2, 0.25) is 0 Å². The molecule has 0 aromatic heterocycles. The minimum absolute atomic E-state index is 0.277. The summed E-state index contributed by atoms with van der Waals surface area (Å²) >= 11 is 0. The molecule has 0 amide bonds. The van der Waals surface area contributed by atoms with Crippen molar-refractivity contribution in [3.8, 4) is 5.75 Å². The summed E-state index contributed by atoms with van der Waals surface area (Å²) in [5, 5.41) is 3.33. The minimum Gasteiger partial charge on any atom is -0.434 e. The molecule has 112 valence electrons. The zero-order chi connectivity index (χ0) is 15.1. The second kappa shape index (κ2) is 8.00. The zero-order valence-corrected chi connectivity index (χ0v) is 12.6. The molecular weight excluding hydrogens is 260 g/mol. The van der Waals surface area contributed by atoms with Crippen molar-refractivity contribution in [3.63, 3.8) is 0 Å². The number of aryl methyl sites for hydroxylation is 2. The molecule has 1 aromatic carbocycles. The van der Waals surface area contributed by atoms with Crippen LogP contribution in [0, 0.1) is 13.8 Å². The van der Waals surface area contributed by atoms with E-state index in [0.717, 1.165) is 36.2 Å². The van der Waals surface area contributed by atoms with Gasteiger partial charge in [0.15, 0.2) is 0 Å². The van der Waals surface area contributed by atoms with Gasteiger partial charge in [-0.2, -0.15) is 8.78 Å². The molecule has 4 heteroatoms. The summed E-state index contributed by atoms with van der Waals surface area (Å²) < 4.78 is 29.2. The van der Waals surface area contributed by atoms with Crippen molar-refractivity contribution in [2.45, 2.75) is 40.7 Å². The number of rotatable bonds is 7. The molecular formula is C16H23F2NO. The summed E-state index contributed by atoms with van der Waals surface area (Å²) in [6, 6.07) is 3.74. The lowest BCUT2D eigenvalue weighted by Crippen LogP contribution is -2.16. The van der Waals surface area contributed by atoms with Crippen LogP contribution in [0.2, 0.25) is 0 Å². The second-order valence-electron chi connectivity index (χ2n) is 5.03. The number of hydrogen-bond donors (Lipinski definition) is 1. The van der Waals surface area contributed by atoms with Crippen LogP contribution in [0.4, 0.5) is 8.78 Å². The predicted octanol–water partition coefficient (Wildman–Crippen LogP) is 4.31. The van der Waals surface area contributed by atoms with Gasteiger partial charge in [0.05, 0.1) is 0 Å². The van der Waals surface area contributed by atoms with E-state index in [-0.39, 0.29) is 5.75 Å². The molecule has 0 atom stereocenters. The van der Waals surface area contributed by atoms with Gasteiger partial charge in [-0.15, -0.1) is 0 Å². The SMILES string of the molecule is CCCNCC(C)=Cc1cc(C)c(OC(F)F)c(C)c1. The fourth-order valence-corrected chi connectivity index (χ4v) is 2.14. The molecule has 0 bridgehead atoms. The number of halogens is 2. The third kappa shape index (κ3) is 5.29. The maximum atomic E-state index is 12.3. The number of benzene rings is 1. The minimum atomic E-state index is -2.78. The van der Waals surface area contributed by atoms with Crippen LogP contribution in [0.15, 0.2) is 17.7 Å². The smallest absolute Gasteiger partial charge is 0.387 e. The number of ether oxygens (including phenoxy) is 1. The lowest BCUT2D eigenvalue weighted by Gasteiger charge is -2.12. The molecule has 1 rings (SSSR count). The van der Waals surface area contributed by atoms with E-state index in [1.807, 2.05) is 12.1 Å². The lowest BCUT2D eigenvalue weighted by atomic mass is 10.0. The van der Waals surface area contributed by atoms with Crippen LogP contribution in [0.5, 0.6) is 5.75 Å². The van der Waals surface area contributed by atoms with Crippen LogP contribution in [-0.2, 0) is 0 Å². The Kier molecular flexibility index (Phi) is 6.65. The highest BCUT2D eigenvalue weighted by atomic mass is 19.3. The van der Waals surface area contributed by atoms with Crippen molar-refractivity contribution < 1.29 is 13.5 Å². The highest BCUT2D eigenvalue weighted by Crippen LogP contribution is 2.27. The molecule has 0 spiro atoms. The maximum absolute atomic E-state index is 12.3. The Morgan fingerprint density at radius 1 is 1.30 bits per heavy atom. The van der Waals surface area contributed by atoms with Gasteiger partial charge in [0, 0.05) is 6.54 Å². The van der Waals surface area contributed by atoms with Crippen molar-refractivity contribution in [1.29, 1.82) is 0 Å². The van der Waals surface area contributed by atoms with Gasteiger partial charge in [-0.1, -0.05) is 18.6 Å². The largest absolute Gasteiger partial charge is 0.434 e. The molecule has 0 fully saturated rings. The van der Waals surface area contributed by atoms with Gasteiger partial charge in [0.1, 0.15) is 5.75 Å². The van der Waals surface area contributed by atoms with Gasteiger partial charge in [0.25, 0.3) is 0 Å². The summed E-state index contributed by atoms with van der Waals surface area (Å²) in [5.41, 5.74) is 3.67. The number of nitrogens with one attached hydrogen (secondary N) is 1. The first-order chi connectivity index (χ1) is 9.43. The van der Waals surface area contributed by atoms with Gasteiger partial charge >= 0.3 is 6.61 Å². The summed E-state index contributed by atoms with van der Waals surface area (Å²) in [6.45, 7) is 6.79. The molecule has 0 saturated heterocycles. The van der Waals surface area contributed by atoms with Crippen molar-refractivity contribution >= 4 is 6.08 Å². The molecule has 0 unspecified atom stereocenters. The molecule has 0 radical (unpaired) electrons. The Morgan fingerprint density at radius 2 is 1.90 bits per heavy atom. The summed E-state index contributed by atoms with van der Waals surface area (Å²) in [4.78, 5) is 0. The van der Waals surface area contributed by atoms with Crippen LogP contribution >= 0.6 is 0 Å². The van der Waals surface area contributed by atoms with E-state index in [2.05, 4.69) is 30.0 Å². The molecule has 0 aliphatic heterocycles. The summed E-state index contributed by atoms with van der Waals surface area (Å²) in [7, 11) is 0. The van der Waals surface area contributed by atoms with Gasteiger partial charge in [-0.25, -0.2) is 0 Å². The highest BCUT2D eigenvalue weighted by molar-refractivity contribution is 5.58. The van der Waals surface area contributed by atoms with Crippen LogP contribution in [0.3, 0.4) is 0 Å². The normalized spacial score (nSPS) is 12.1. The molecule has 2 nitrogen and oxygen atoms in total. The standard InChI is InChI=1S/C16H23F2NO/c1-5-6-19-10-11(2)7-14-8-12(3)15(13(4)9-14)20-16(17)18/h7-9,16,19H,5-6,10H2,1-4H3. The van der Waals surface area contributed by atoms with E-state index in [1.54, 1.807) is 13.8 Å².